The Kier molecular flexibility index (Phi) is 5.51. The van der Waals surface area contributed by atoms with Gasteiger partial charge in [0.2, 0.25) is 0 Å². The van der Waals surface area contributed by atoms with Gasteiger partial charge in [0.05, 0.1) is 6.04 Å². The van der Waals surface area contributed by atoms with E-state index in [2.05, 4.69) is 53.5 Å². The second-order valence-electron chi connectivity index (χ2n) is 9.78. The van der Waals surface area contributed by atoms with Gasteiger partial charge in [-0.1, -0.05) is 91.0 Å². The highest BCUT2D eigenvalue weighted by Gasteiger charge is 2.56. The lowest BCUT2D eigenvalue weighted by atomic mass is 9.73. The number of anilines is 1. The lowest BCUT2D eigenvalue weighted by molar-refractivity contribution is 0.0952. The second-order valence-corrected chi connectivity index (χ2v) is 9.78. The van der Waals surface area contributed by atoms with E-state index in [1.807, 2.05) is 60.7 Å². The minimum Gasteiger partial charge on any atom is -0.353 e. The molecule has 4 heteroatoms. The molecule has 2 fully saturated rings. The summed E-state index contributed by atoms with van der Waals surface area (Å²) in [5.41, 5.74) is 4.97. The van der Waals surface area contributed by atoms with E-state index in [-0.39, 0.29) is 35.2 Å². The average Bonchev–Trinajstić information content (AvgIpc) is 3.72. The van der Waals surface area contributed by atoms with Crippen LogP contribution in [0.4, 0.5) is 5.69 Å². The van der Waals surface area contributed by atoms with Crippen LogP contribution in [0.3, 0.4) is 0 Å². The quantitative estimate of drug-likeness (QED) is 0.326. The molecule has 1 saturated carbocycles. The fraction of sp³-hybridized carbons (Fsp3) is 0.219. The van der Waals surface area contributed by atoms with E-state index in [1.54, 1.807) is 0 Å². The summed E-state index contributed by atoms with van der Waals surface area (Å²) in [6.07, 6.45) is 6.26. The number of hydrogen-bond acceptors (Lipinski definition) is 4. The number of carbonyl (C=O) groups excluding carboxylic acids is 1. The molecule has 2 heterocycles. The molecule has 36 heavy (non-hydrogen) atoms. The highest BCUT2D eigenvalue weighted by Crippen LogP contribution is 2.56. The Hall–Kier alpha value is -4.41. The van der Waals surface area contributed by atoms with Gasteiger partial charge in [-0.3, -0.25) is 4.79 Å². The summed E-state index contributed by atoms with van der Waals surface area (Å²) in [4.78, 5) is 16.6. The second kappa shape index (κ2) is 8.99. The standard InChI is InChI=1S/C32H25N3O/c33-19-25(20-34)28(23-15-16-23)30-27-18-17-21-9-7-8-14-26(21)35(27)31(29(30)22-10-3-1-4-11-22)32(36)24-12-5-2-6-13-24/h1-14,17-18,23,27,29-31H,15-16H2/t27-,29-,30+,31-/m1/s1. The molecule has 4 atom stereocenters. The molecule has 0 radical (unpaired) electrons. The van der Waals surface area contributed by atoms with Crippen LogP contribution in [-0.2, 0) is 0 Å². The summed E-state index contributed by atoms with van der Waals surface area (Å²) < 4.78 is 0. The van der Waals surface area contributed by atoms with Crippen molar-refractivity contribution in [2.45, 2.75) is 30.8 Å². The number of allylic oxidation sites excluding steroid dienone is 1. The van der Waals surface area contributed by atoms with Crippen LogP contribution < -0.4 is 4.90 Å². The van der Waals surface area contributed by atoms with Crippen LogP contribution in [0, 0.1) is 34.5 Å². The van der Waals surface area contributed by atoms with Crippen molar-refractivity contribution in [1.29, 1.82) is 10.5 Å². The van der Waals surface area contributed by atoms with Crippen molar-refractivity contribution >= 4 is 17.5 Å². The molecule has 6 rings (SSSR count). The average molecular weight is 468 g/mol. The van der Waals surface area contributed by atoms with Crippen molar-refractivity contribution < 1.29 is 4.79 Å². The summed E-state index contributed by atoms with van der Waals surface area (Å²) in [7, 11) is 0. The van der Waals surface area contributed by atoms with Crippen LogP contribution in [0.5, 0.6) is 0 Å². The number of ketones is 1. The zero-order chi connectivity index (χ0) is 24.6. The molecule has 0 unspecified atom stereocenters. The molecule has 0 N–H and O–H groups in total. The molecule has 0 bridgehead atoms. The molecule has 2 aliphatic heterocycles. The Balaban J connectivity index is 1.63. The molecule has 3 aromatic carbocycles. The SMILES string of the molecule is N#CC(C#N)=C(C1CC1)[C@H]1[C@@H](c2ccccc2)[C@H](C(=O)c2ccccc2)N2c3ccccc3C=C[C@H]12. The van der Waals surface area contributed by atoms with Crippen molar-refractivity contribution in [2.75, 3.05) is 4.90 Å². The molecule has 4 nitrogen and oxygen atoms in total. The zero-order valence-electron chi connectivity index (χ0n) is 19.8. The number of hydrogen-bond donors (Lipinski definition) is 0. The summed E-state index contributed by atoms with van der Waals surface area (Å²) >= 11 is 0. The molecular weight excluding hydrogens is 442 g/mol. The molecule has 1 saturated heterocycles. The molecule has 3 aromatic rings. The topological polar surface area (TPSA) is 67.9 Å². The fourth-order valence-electron chi connectivity index (χ4n) is 6.23. The number of nitriles is 2. The van der Waals surface area contributed by atoms with E-state index < -0.39 is 6.04 Å². The van der Waals surface area contributed by atoms with E-state index in [0.29, 0.717) is 5.56 Å². The fourth-order valence-corrected chi connectivity index (χ4v) is 6.23. The van der Waals surface area contributed by atoms with Crippen molar-refractivity contribution in [3.8, 4) is 12.1 Å². The van der Waals surface area contributed by atoms with Gasteiger partial charge in [0.1, 0.15) is 23.8 Å². The van der Waals surface area contributed by atoms with Gasteiger partial charge in [-0.25, -0.2) is 0 Å². The van der Waals surface area contributed by atoms with Crippen LogP contribution in [0.2, 0.25) is 0 Å². The summed E-state index contributed by atoms with van der Waals surface area (Å²) in [5, 5.41) is 19.9. The first-order valence-corrected chi connectivity index (χ1v) is 12.5. The van der Waals surface area contributed by atoms with Gasteiger partial charge < -0.3 is 4.90 Å². The van der Waals surface area contributed by atoms with E-state index in [0.717, 1.165) is 35.2 Å². The van der Waals surface area contributed by atoms with Gasteiger partial charge in [0.25, 0.3) is 0 Å². The van der Waals surface area contributed by atoms with Crippen LogP contribution in [0.1, 0.15) is 40.2 Å². The largest absolute Gasteiger partial charge is 0.353 e. The summed E-state index contributed by atoms with van der Waals surface area (Å²) in [5.74, 6) is -0.0790. The highest BCUT2D eigenvalue weighted by atomic mass is 16.1. The molecule has 3 aliphatic rings. The van der Waals surface area contributed by atoms with E-state index in [1.165, 1.54) is 0 Å². The number of Topliss-reactive ketones (excluding diaryl/α,β-unsaturated/α-hetero) is 1. The maximum Gasteiger partial charge on any atom is 0.185 e. The number of para-hydroxylation sites is 1. The zero-order valence-corrected chi connectivity index (χ0v) is 19.8. The molecule has 174 valence electrons. The van der Waals surface area contributed by atoms with E-state index in [9.17, 15) is 15.3 Å². The van der Waals surface area contributed by atoms with Gasteiger partial charge in [0, 0.05) is 23.1 Å². The number of benzene rings is 3. The van der Waals surface area contributed by atoms with Crippen molar-refractivity contribution in [1.82, 2.24) is 0 Å². The lowest BCUT2D eigenvalue weighted by Gasteiger charge is -2.36. The Labute approximate surface area is 211 Å². The number of nitrogens with zero attached hydrogens (tertiary/aromatic N) is 3. The Bertz CT molecular complexity index is 1440. The maximum absolute atomic E-state index is 14.3. The number of carbonyl (C=O) groups is 1. The first kappa shape index (κ1) is 22.1. The number of fused-ring (bicyclic) bond motifs is 3. The maximum atomic E-state index is 14.3. The van der Waals surface area contributed by atoms with Crippen LogP contribution in [0.25, 0.3) is 6.08 Å². The van der Waals surface area contributed by atoms with Crippen LogP contribution >= 0.6 is 0 Å². The summed E-state index contributed by atoms with van der Waals surface area (Å²) in [6.45, 7) is 0. The van der Waals surface area contributed by atoms with Crippen molar-refractivity contribution in [3.63, 3.8) is 0 Å². The minimum absolute atomic E-state index is 0.0627. The first-order valence-electron chi connectivity index (χ1n) is 12.5. The third kappa shape index (κ3) is 3.55. The normalized spacial score (nSPS) is 23.7. The van der Waals surface area contributed by atoms with Gasteiger partial charge >= 0.3 is 0 Å². The smallest absolute Gasteiger partial charge is 0.185 e. The van der Waals surface area contributed by atoms with E-state index in [4.69, 9.17) is 0 Å². The third-order valence-electron chi connectivity index (χ3n) is 7.80. The predicted octanol–water partition coefficient (Wildman–Crippen LogP) is 6.31. The molecule has 1 aliphatic carbocycles. The van der Waals surface area contributed by atoms with Crippen molar-refractivity contribution in [3.05, 3.63) is 119 Å². The predicted molar refractivity (Wildman–Crippen MR) is 140 cm³/mol. The lowest BCUT2D eigenvalue weighted by Crippen LogP contribution is -2.43. The highest BCUT2D eigenvalue weighted by molar-refractivity contribution is 6.04. The van der Waals surface area contributed by atoms with Gasteiger partial charge in [0.15, 0.2) is 5.78 Å². The number of rotatable bonds is 5. The van der Waals surface area contributed by atoms with Gasteiger partial charge in [-0.05, 0) is 41.5 Å². The molecular formula is C32H25N3O. The van der Waals surface area contributed by atoms with Crippen LogP contribution in [0.15, 0.2) is 102 Å². The Morgan fingerprint density at radius 1 is 0.833 bits per heavy atom. The van der Waals surface area contributed by atoms with Gasteiger partial charge in [-0.15, -0.1) is 0 Å². The Morgan fingerprint density at radius 2 is 1.47 bits per heavy atom. The monoisotopic (exact) mass is 467 g/mol. The Morgan fingerprint density at radius 3 is 2.14 bits per heavy atom. The molecule has 0 amide bonds. The summed E-state index contributed by atoms with van der Waals surface area (Å²) in [6, 6.07) is 31.6. The minimum atomic E-state index is -0.469. The molecule has 0 aromatic heterocycles. The molecule has 0 spiro atoms. The third-order valence-corrected chi connectivity index (χ3v) is 7.80. The van der Waals surface area contributed by atoms with E-state index >= 15 is 0 Å². The van der Waals surface area contributed by atoms with Gasteiger partial charge in [-0.2, -0.15) is 10.5 Å². The first-order chi connectivity index (χ1) is 17.7. The van der Waals surface area contributed by atoms with Crippen molar-refractivity contribution in [2.24, 2.45) is 11.8 Å². The van der Waals surface area contributed by atoms with Crippen LogP contribution in [-0.4, -0.2) is 17.9 Å².